The summed E-state index contributed by atoms with van der Waals surface area (Å²) in [6, 6.07) is 4.06. The molecule has 1 fully saturated rings. The average molecular weight is 316 g/mol. The highest BCUT2D eigenvalue weighted by Crippen LogP contribution is 2.34. The molecular weight excluding hydrogens is 292 g/mol. The SMILES string of the molecule is CNc1nc([C@@]2(C)CCCN(C(=O)COC)C2)cn2cccc12. The van der Waals surface area contributed by atoms with E-state index in [1.165, 1.54) is 0 Å². The van der Waals surface area contributed by atoms with Crippen molar-refractivity contribution in [2.45, 2.75) is 25.2 Å². The summed E-state index contributed by atoms with van der Waals surface area (Å²) >= 11 is 0. The minimum Gasteiger partial charge on any atom is -0.375 e. The molecule has 1 amide bonds. The van der Waals surface area contributed by atoms with Crippen LogP contribution in [0, 0.1) is 0 Å². The molecule has 1 atom stereocenters. The summed E-state index contributed by atoms with van der Waals surface area (Å²) in [5.41, 5.74) is 1.93. The van der Waals surface area contributed by atoms with Gasteiger partial charge in [-0.3, -0.25) is 4.79 Å². The Morgan fingerprint density at radius 3 is 3.09 bits per heavy atom. The Morgan fingerprint density at radius 1 is 1.52 bits per heavy atom. The van der Waals surface area contributed by atoms with Gasteiger partial charge in [0.15, 0.2) is 0 Å². The molecule has 0 unspecified atom stereocenters. The number of anilines is 1. The molecule has 3 heterocycles. The van der Waals surface area contributed by atoms with Gasteiger partial charge in [0.05, 0.1) is 11.2 Å². The maximum atomic E-state index is 12.2. The Labute approximate surface area is 136 Å². The number of fused-ring (bicyclic) bond motifs is 1. The van der Waals surface area contributed by atoms with Gasteiger partial charge in [-0.05, 0) is 25.0 Å². The first-order valence-electron chi connectivity index (χ1n) is 8.00. The Bertz CT molecular complexity index is 712. The number of amides is 1. The van der Waals surface area contributed by atoms with Crippen LogP contribution in [-0.4, -0.2) is 54.0 Å². The van der Waals surface area contributed by atoms with Gasteiger partial charge in [-0.15, -0.1) is 0 Å². The fourth-order valence-corrected chi connectivity index (χ4v) is 3.40. The zero-order chi connectivity index (χ0) is 16.4. The van der Waals surface area contributed by atoms with Crippen molar-refractivity contribution < 1.29 is 9.53 Å². The highest BCUT2D eigenvalue weighted by Gasteiger charge is 2.36. The third kappa shape index (κ3) is 2.91. The largest absolute Gasteiger partial charge is 0.375 e. The summed E-state index contributed by atoms with van der Waals surface area (Å²) in [7, 11) is 3.44. The van der Waals surface area contributed by atoms with Crippen molar-refractivity contribution in [3.05, 3.63) is 30.2 Å². The summed E-state index contributed by atoms with van der Waals surface area (Å²) in [5.74, 6) is 0.920. The molecule has 0 aromatic carbocycles. The van der Waals surface area contributed by atoms with E-state index in [1.807, 2.05) is 30.3 Å². The van der Waals surface area contributed by atoms with Gasteiger partial charge in [0.2, 0.25) is 5.91 Å². The van der Waals surface area contributed by atoms with Crippen molar-refractivity contribution in [1.82, 2.24) is 14.3 Å². The van der Waals surface area contributed by atoms with Crippen LogP contribution in [0.1, 0.15) is 25.5 Å². The molecule has 0 radical (unpaired) electrons. The normalized spacial score (nSPS) is 21.6. The Kier molecular flexibility index (Phi) is 4.26. The second-order valence-corrected chi connectivity index (χ2v) is 6.44. The maximum Gasteiger partial charge on any atom is 0.248 e. The minimum atomic E-state index is -0.147. The lowest BCUT2D eigenvalue weighted by atomic mass is 9.79. The number of ether oxygens (including phenoxy) is 1. The van der Waals surface area contributed by atoms with Gasteiger partial charge in [-0.1, -0.05) is 6.92 Å². The maximum absolute atomic E-state index is 12.2. The third-order valence-electron chi connectivity index (χ3n) is 4.69. The number of rotatable bonds is 4. The van der Waals surface area contributed by atoms with Crippen LogP contribution >= 0.6 is 0 Å². The summed E-state index contributed by atoms with van der Waals surface area (Å²) in [6.07, 6.45) is 6.11. The first kappa shape index (κ1) is 15.8. The Hall–Kier alpha value is -2.08. The van der Waals surface area contributed by atoms with E-state index in [0.29, 0.717) is 6.54 Å². The molecule has 0 saturated carbocycles. The second kappa shape index (κ2) is 6.20. The molecule has 1 aliphatic heterocycles. The number of piperidine rings is 1. The summed E-state index contributed by atoms with van der Waals surface area (Å²) in [5, 5.41) is 3.17. The fraction of sp³-hybridized carbons (Fsp3) is 0.529. The van der Waals surface area contributed by atoms with E-state index in [-0.39, 0.29) is 17.9 Å². The highest BCUT2D eigenvalue weighted by atomic mass is 16.5. The lowest BCUT2D eigenvalue weighted by molar-refractivity contribution is -0.137. The zero-order valence-electron chi connectivity index (χ0n) is 14.0. The van der Waals surface area contributed by atoms with Gasteiger partial charge < -0.3 is 19.4 Å². The summed E-state index contributed by atoms with van der Waals surface area (Å²) < 4.78 is 7.09. The summed E-state index contributed by atoms with van der Waals surface area (Å²) in [6.45, 7) is 3.80. The van der Waals surface area contributed by atoms with E-state index < -0.39 is 0 Å². The van der Waals surface area contributed by atoms with Gasteiger partial charge in [0.1, 0.15) is 12.4 Å². The number of aromatic nitrogens is 2. The lowest BCUT2D eigenvalue weighted by Gasteiger charge is -2.40. The standard InChI is InChI=1S/C17H24N4O2/c1-17(7-5-9-21(12-17)15(22)11-23-3)14-10-20-8-4-6-13(20)16(18-2)19-14/h4,6,8,10H,5,7,9,11-12H2,1-3H3,(H,18,19)/t17-/m0/s1. The van der Waals surface area contributed by atoms with E-state index in [2.05, 4.69) is 22.8 Å². The molecule has 0 spiro atoms. The van der Waals surface area contributed by atoms with Crippen molar-refractivity contribution in [2.75, 3.05) is 39.2 Å². The van der Waals surface area contributed by atoms with Crippen LogP contribution in [0.2, 0.25) is 0 Å². The number of carbonyl (C=O) groups excluding carboxylic acids is 1. The van der Waals surface area contributed by atoms with Gasteiger partial charge in [0.25, 0.3) is 0 Å². The van der Waals surface area contributed by atoms with Crippen LogP contribution < -0.4 is 5.32 Å². The van der Waals surface area contributed by atoms with Crippen LogP contribution in [0.15, 0.2) is 24.5 Å². The Balaban J connectivity index is 1.94. The third-order valence-corrected chi connectivity index (χ3v) is 4.69. The zero-order valence-corrected chi connectivity index (χ0v) is 14.0. The van der Waals surface area contributed by atoms with Crippen LogP contribution in [-0.2, 0) is 14.9 Å². The number of carbonyl (C=O) groups is 1. The van der Waals surface area contributed by atoms with Gasteiger partial charge in [-0.25, -0.2) is 4.98 Å². The quantitative estimate of drug-likeness (QED) is 0.936. The second-order valence-electron chi connectivity index (χ2n) is 6.44. The van der Waals surface area contributed by atoms with E-state index in [0.717, 1.165) is 36.4 Å². The number of hydrogen-bond acceptors (Lipinski definition) is 4. The number of likely N-dealkylation sites (tertiary alicyclic amines) is 1. The topological polar surface area (TPSA) is 58.9 Å². The molecule has 6 nitrogen and oxygen atoms in total. The Morgan fingerprint density at radius 2 is 2.35 bits per heavy atom. The summed E-state index contributed by atoms with van der Waals surface area (Å²) in [4.78, 5) is 18.9. The minimum absolute atomic E-state index is 0.0503. The predicted molar refractivity (Wildman–Crippen MR) is 89.8 cm³/mol. The first-order valence-corrected chi connectivity index (χ1v) is 8.00. The average Bonchev–Trinajstić information content (AvgIpc) is 3.02. The first-order chi connectivity index (χ1) is 11.1. The van der Waals surface area contributed by atoms with Gasteiger partial charge >= 0.3 is 0 Å². The molecule has 6 heteroatoms. The van der Waals surface area contributed by atoms with Crippen LogP contribution in [0.4, 0.5) is 5.82 Å². The predicted octanol–water partition coefficient (Wildman–Crippen LogP) is 1.90. The molecule has 2 aromatic heterocycles. The smallest absolute Gasteiger partial charge is 0.248 e. The molecule has 23 heavy (non-hydrogen) atoms. The molecule has 0 aliphatic carbocycles. The number of hydrogen-bond donors (Lipinski definition) is 1. The molecule has 1 aliphatic rings. The van der Waals surface area contributed by atoms with Crippen molar-refractivity contribution in [3.8, 4) is 0 Å². The molecule has 0 bridgehead atoms. The molecule has 1 N–H and O–H groups in total. The van der Waals surface area contributed by atoms with Crippen LogP contribution in [0.3, 0.4) is 0 Å². The molecule has 124 valence electrons. The molecular formula is C17H24N4O2. The van der Waals surface area contributed by atoms with Crippen molar-refractivity contribution >= 4 is 17.2 Å². The van der Waals surface area contributed by atoms with Gasteiger partial charge in [0, 0.05) is 45.1 Å². The number of methoxy groups -OCH3 is 1. The van der Waals surface area contributed by atoms with Crippen molar-refractivity contribution in [1.29, 1.82) is 0 Å². The monoisotopic (exact) mass is 316 g/mol. The van der Waals surface area contributed by atoms with E-state index in [1.54, 1.807) is 7.11 Å². The van der Waals surface area contributed by atoms with Crippen LogP contribution in [0.25, 0.3) is 5.52 Å². The molecule has 2 aromatic rings. The van der Waals surface area contributed by atoms with Crippen LogP contribution in [0.5, 0.6) is 0 Å². The van der Waals surface area contributed by atoms with Gasteiger partial charge in [-0.2, -0.15) is 0 Å². The van der Waals surface area contributed by atoms with E-state index in [4.69, 9.17) is 9.72 Å². The van der Waals surface area contributed by atoms with E-state index >= 15 is 0 Å². The van der Waals surface area contributed by atoms with Crippen molar-refractivity contribution in [2.24, 2.45) is 0 Å². The molecule has 1 saturated heterocycles. The number of nitrogens with zero attached hydrogens (tertiary/aromatic N) is 3. The molecule has 3 rings (SSSR count). The van der Waals surface area contributed by atoms with E-state index in [9.17, 15) is 4.79 Å². The highest BCUT2D eigenvalue weighted by molar-refractivity contribution is 5.77. The fourth-order valence-electron chi connectivity index (χ4n) is 3.40. The van der Waals surface area contributed by atoms with Crippen molar-refractivity contribution in [3.63, 3.8) is 0 Å². The lowest BCUT2D eigenvalue weighted by Crippen LogP contribution is -2.48. The number of nitrogens with one attached hydrogen (secondary N) is 1.